The van der Waals surface area contributed by atoms with E-state index in [0.717, 1.165) is 0 Å². The summed E-state index contributed by atoms with van der Waals surface area (Å²) in [7, 11) is -3.41. The van der Waals surface area contributed by atoms with E-state index in [-0.39, 0.29) is 29.7 Å². The standard InChI is InChI=1S/C15H18F3NO5S/c16-15(17,18)14(7-9-25(19,23)8-3-6-12(20)21)11-5-2-1-4-10(11)13(22)24-14/h1-2,4-5,13,19,22H,3,6-9H2,(H,20,21). The Morgan fingerprint density at radius 2 is 1.96 bits per heavy atom. The number of fused-ring (bicyclic) bond motifs is 1. The summed E-state index contributed by atoms with van der Waals surface area (Å²) >= 11 is 0. The van der Waals surface area contributed by atoms with Crippen molar-refractivity contribution in [3.05, 3.63) is 35.4 Å². The van der Waals surface area contributed by atoms with E-state index >= 15 is 0 Å². The Morgan fingerprint density at radius 1 is 1.32 bits per heavy atom. The highest BCUT2D eigenvalue weighted by Gasteiger charge is 2.62. The average Bonchev–Trinajstić information content (AvgIpc) is 2.79. The maximum atomic E-state index is 13.7. The Hall–Kier alpha value is -1.65. The molecule has 0 spiro atoms. The Bertz CT molecular complexity index is 750. The molecule has 140 valence electrons. The molecule has 0 saturated heterocycles. The number of aliphatic carboxylic acids is 1. The van der Waals surface area contributed by atoms with Crippen LogP contribution in [0.15, 0.2) is 24.3 Å². The van der Waals surface area contributed by atoms with E-state index < -0.39 is 45.9 Å². The van der Waals surface area contributed by atoms with Gasteiger partial charge in [-0.05, 0) is 6.42 Å². The third-order valence-electron chi connectivity index (χ3n) is 4.08. The van der Waals surface area contributed by atoms with Crippen LogP contribution in [0.4, 0.5) is 13.2 Å². The van der Waals surface area contributed by atoms with Crippen LogP contribution in [0.1, 0.15) is 36.7 Å². The van der Waals surface area contributed by atoms with Gasteiger partial charge in [-0.25, -0.2) is 4.21 Å². The van der Waals surface area contributed by atoms with Crippen LogP contribution in [0.25, 0.3) is 0 Å². The van der Waals surface area contributed by atoms with Gasteiger partial charge in [0.25, 0.3) is 0 Å². The van der Waals surface area contributed by atoms with Crippen molar-refractivity contribution in [2.45, 2.75) is 37.3 Å². The Morgan fingerprint density at radius 3 is 2.56 bits per heavy atom. The highest BCUT2D eigenvalue weighted by molar-refractivity contribution is 7.92. The lowest BCUT2D eigenvalue weighted by molar-refractivity contribution is -0.314. The monoisotopic (exact) mass is 381 g/mol. The molecule has 0 radical (unpaired) electrons. The molecule has 2 rings (SSSR count). The predicted molar refractivity (Wildman–Crippen MR) is 82.3 cm³/mol. The minimum Gasteiger partial charge on any atom is -0.481 e. The van der Waals surface area contributed by atoms with Crippen LogP contribution in [0, 0.1) is 4.78 Å². The van der Waals surface area contributed by atoms with Gasteiger partial charge in [-0.15, -0.1) is 0 Å². The zero-order valence-electron chi connectivity index (χ0n) is 13.1. The van der Waals surface area contributed by atoms with Crippen molar-refractivity contribution in [2.24, 2.45) is 0 Å². The molecule has 0 bridgehead atoms. The van der Waals surface area contributed by atoms with Crippen molar-refractivity contribution in [1.82, 2.24) is 0 Å². The van der Waals surface area contributed by atoms with Crippen LogP contribution < -0.4 is 0 Å². The zero-order valence-corrected chi connectivity index (χ0v) is 13.9. The highest BCUT2D eigenvalue weighted by Crippen LogP contribution is 2.53. The fourth-order valence-corrected chi connectivity index (χ4v) is 4.25. The maximum absolute atomic E-state index is 13.7. The summed E-state index contributed by atoms with van der Waals surface area (Å²) in [5.41, 5.74) is -3.10. The molecule has 1 heterocycles. The summed E-state index contributed by atoms with van der Waals surface area (Å²) in [6.45, 7) is 0. The number of rotatable bonds is 7. The molecule has 0 amide bonds. The molecule has 0 saturated carbocycles. The van der Waals surface area contributed by atoms with Crippen molar-refractivity contribution < 1.29 is 37.1 Å². The number of carboxylic acid groups (broad SMARTS) is 1. The van der Waals surface area contributed by atoms with Gasteiger partial charge in [0.05, 0.1) is 0 Å². The van der Waals surface area contributed by atoms with Crippen molar-refractivity contribution >= 4 is 15.7 Å². The second-order valence-corrected chi connectivity index (χ2v) is 8.29. The molecule has 1 aliphatic heterocycles. The van der Waals surface area contributed by atoms with Crippen LogP contribution in [-0.2, 0) is 24.9 Å². The first-order valence-electron chi connectivity index (χ1n) is 7.46. The average molecular weight is 381 g/mol. The van der Waals surface area contributed by atoms with E-state index in [2.05, 4.69) is 0 Å². The molecule has 1 aromatic rings. The quantitative estimate of drug-likeness (QED) is 0.673. The minimum atomic E-state index is -4.88. The van der Waals surface area contributed by atoms with E-state index in [1.807, 2.05) is 0 Å². The highest BCUT2D eigenvalue weighted by atomic mass is 32.2. The number of aliphatic hydroxyl groups is 1. The first-order valence-corrected chi connectivity index (χ1v) is 9.36. The second-order valence-electron chi connectivity index (χ2n) is 5.85. The lowest BCUT2D eigenvalue weighted by atomic mass is 9.89. The number of hydrogen-bond donors (Lipinski definition) is 3. The molecule has 0 fully saturated rings. The van der Waals surface area contributed by atoms with Gasteiger partial charge >= 0.3 is 12.1 Å². The first-order chi connectivity index (χ1) is 11.5. The molecule has 0 aromatic heterocycles. The smallest absolute Gasteiger partial charge is 0.421 e. The lowest BCUT2D eigenvalue weighted by Gasteiger charge is -2.32. The predicted octanol–water partition coefficient (Wildman–Crippen LogP) is 2.77. The number of alkyl halides is 3. The molecule has 25 heavy (non-hydrogen) atoms. The van der Waals surface area contributed by atoms with Crippen molar-refractivity contribution in [2.75, 3.05) is 11.5 Å². The van der Waals surface area contributed by atoms with Crippen molar-refractivity contribution in [3.63, 3.8) is 0 Å². The fraction of sp³-hybridized carbons (Fsp3) is 0.533. The van der Waals surface area contributed by atoms with Crippen LogP contribution >= 0.6 is 0 Å². The summed E-state index contributed by atoms with van der Waals surface area (Å²) in [6, 6.07) is 5.36. The van der Waals surface area contributed by atoms with Gasteiger partial charge in [-0.2, -0.15) is 13.2 Å². The largest absolute Gasteiger partial charge is 0.481 e. The topological polar surface area (TPSA) is 108 Å². The molecule has 10 heteroatoms. The Kier molecular flexibility index (Phi) is 5.45. The van der Waals surface area contributed by atoms with Gasteiger partial charge in [-0.1, -0.05) is 24.3 Å². The summed E-state index contributed by atoms with van der Waals surface area (Å²) in [5.74, 6) is -2.05. The normalized spacial score (nSPS) is 25.4. The lowest BCUT2D eigenvalue weighted by Crippen LogP contribution is -2.44. The first kappa shape index (κ1) is 19.7. The number of ether oxygens (including phenoxy) is 1. The van der Waals surface area contributed by atoms with E-state index in [1.165, 1.54) is 24.3 Å². The summed E-state index contributed by atoms with van der Waals surface area (Å²) in [5, 5.41) is 18.4. The van der Waals surface area contributed by atoms with Crippen LogP contribution in [0.5, 0.6) is 0 Å². The molecule has 3 atom stereocenters. The van der Waals surface area contributed by atoms with Gasteiger partial charge in [-0.3, -0.25) is 9.57 Å². The maximum Gasteiger partial charge on any atom is 0.421 e. The SMILES string of the molecule is N=S(=O)(CCCC(=O)O)CCC1(C(F)(F)F)OC(O)c2ccccc21. The molecule has 3 unspecified atom stereocenters. The Balaban J connectivity index is 2.23. The molecule has 3 N–H and O–H groups in total. The van der Waals surface area contributed by atoms with Gasteiger partial charge in [0, 0.05) is 45.2 Å². The molecular weight excluding hydrogens is 363 g/mol. The molecule has 0 aliphatic carbocycles. The summed E-state index contributed by atoms with van der Waals surface area (Å²) in [6.07, 6.45) is -7.79. The summed E-state index contributed by atoms with van der Waals surface area (Å²) < 4.78 is 65.9. The summed E-state index contributed by atoms with van der Waals surface area (Å²) in [4.78, 5) is 10.5. The van der Waals surface area contributed by atoms with Crippen LogP contribution in [0.3, 0.4) is 0 Å². The number of aliphatic hydroxyl groups excluding tert-OH is 1. The number of halogens is 3. The number of carbonyl (C=O) groups is 1. The third kappa shape index (κ3) is 4.13. The fourth-order valence-electron chi connectivity index (χ4n) is 2.82. The number of carboxylic acids is 1. The molecule has 1 aliphatic rings. The van der Waals surface area contributed by atoms with Gasteiger partial charge in [0.15, 0.2) is 11.9 Å². The Labute approximate surface area is 142 Å². The molecule has 1 aromatic carbocycles. The molecule has 6 nitrogen and oxygen atoms in total. The number of hydrogen-bond acceptors (Lipinski definition) is 5. The van der Waals surface area contributed by atoms with Crippen LogP contribution in [0.2, 0.25) is 0 Å². The number of nitrogens with one attached hydrogen (secondary N) is 1. The number of benzene rings is 1. The van der Waals surface area contributed by atoms with Crippen LogP contribution in [-0.4, -0.2) is 38.1 Å². The van der Waals surface area contributed by atoms with Crippen molar-refractivity contribution in [3.8, 4) is 0 Å². The molecular formula is C15H18F3NO5S. The minimum absolute atomic E-state index is 0.0119. The van der Waals surface area contributed by atoms with E-state index in [0.29, 0.717) is 0 Å². The van der Waals surface area contributed by atoms with Gasteiger partial charge in [0.2, 0.25) is 0 Å². The van der Waals surface area contributed by atoms with Crippen molar-refractivity contribution in [1.29, 1.82) is 4.78 Å². The van der Waals surface area contributed by atoms with E-state index in [9.17, 15) is 27.3 Å². The van der Waals surface area contributed by atoms with E-state index in [1.54, 1.807) is 0 Å². The van der Waals surface area contributed by atoms with Gasteiger partial charge in [0.1, 0.15) is 0 Å². The zero-order chi connectivity index (χ0) is 18.9. The second kappa shape index (κ2) is 6.93. The third-order valence-corrected chi connectivity index (χ3v) is 5.89. The van der Waals surface area contributed by atoms with Gasteiger partial charge < -0.3 is 14.9 Å². The van der Waals surface area contributed by atoms with E-state index in [4.69, 9.17) is 14.6 Å².